The van der Waals surface area contributed by atoms with E-state index < -0.39 is 0 Å². The normalized spacial score (nSPS) is 10.5. The number of nitrogens with zero attached hydrogens (tertiary/aromatic N) is 5. The number of hydrogen-bond acceptors (Lipinski definition) is 5. The van der Waals surface area contributed by atoms with Crippen molar-refractivity contribution in [1.82, 2.24) is 14.9 Å². The number of phenols is 1. The summed E-state index contributed by atoms with van der Waals surface area (Å²) in [5, 5.41) is 29.6. The van der Waals surface area contributed by atoms with E-state index in [2.05, 4.69) is 16.3 Å². The Morgan fingerprint density at radius 2 is 1.66 bits per heavy atom. The number of hydrogen-bond donors (Lipinski definition) is 1. The zero-order chi connectivity index (χ0) is 20.2. The third-order valence-corrected chi connectivity index (χ3v) is 4.78. The highest BCUT2D eigenvalue weighted by Crippen LogP contribution is 2.30. The van der Waals surface area contributed by atoms with Crippen LogP contribution >= 0.6 is 11.6 Å². The highest BCUT2D eigenvalue weighted by Gasteiger charge is 2.14. The Kier molecular flexibility index (Phi) is 5.14. The Morgan fingerprint density at radius 1 is 0.966 bits per heavy atom. The Bertz CT molecular complexity index is 1150. The minimum absolute atomic E-state index is 0.216. The summed E-state index contributed by atoms with van der Waals surface area (Å²) in [6.45, 7) is 0.518. The molecule has 0 fully saturated rings. The Hall–Kier alpha value is -3.82. The molecular weight excluding hydrogens is 386 g/mol. The van der Waals surface area contributed by atoms with Crippen LogP contribution in [0.4, 0.5) is 5.69 Å². The van der Waals surface area contributed by atoms with Gasteiger partial charge in [-0.25, -0.2) is 4.68 Å². The first-order valence-corrected chi connectivity index (χ1v) is 9.22. The highest BCUT2D eigenvalue weighted by molar-refractivity contribution is 6.30. The lowest BCUT2D eigenvalue weighted by Gasteiger charge is -2.26. The summed E-state index contributed by atoms with van der Waals surface area (Å²) in [7, 11) is 0. The molecule has 0 amide bonds. The van der Waals surface area contributed by atoms with Crippen molar-refractivity contribution in [3.63, 3.8) is 0 Å². The van der Waals surface area contributed by atoms with Gasteiger partial charge in [0.25, 0.3) is 0 Å². The number of anilines is 1. The third kappa shape index (κ3) is 4.05. The quantitative estimate of drug-likeness (QED) is 0.526. The lowest BCUT2D eigenvalue weighted by molar-refractivity contribution is 0.475. The van der Waals surface area contributed by atoms with Gasteiger partial charge in [0.1, 0.15) is 18.4 Å². The van der Waals surface area contributed by atoms with Gasteiger partial charge in [0.2, 0.25) is 0 Å². The maximum absolute atomic E-state index is 9.57. The number of aromatic hydroxyl groups is 1. The molecule has 4 rings (SSSR count). The fraction of sp³-hybridized carbons (Fsp3) is 0.0455. The molecule has 0 unspecified atom stereocenters. The molecule has 1 aromatic heterocycles. The SMILES string of the molecule is N#Cc1ccc(N(Cc2ccc(O)cc2)n2cnnc2)cc1-c1ccc(Cl)cc1. The van der Waals surface area contributed by atoms with E-state index in [-0.39, 0.29) is 5.75 Å². The van der Waals surface area contributed by atoms with E-state index in [0.29, 0.717) is 17.1 Å². The summed E-state index contributed by atoms with van der Waals surface area (Å²) < 4.78 is 1.78. The van der Waals surface area contributed by atoms with Gasteiger partial charge in [-0.05, 0) is 53.6 Å². The number of benzene rings is 3. The van der Waals surface area contributed by atoms with Gasteiger partial charge in [-0.1, -0.05) is 35.9 Å². The zero-order valence-electron chi connectivity index (χ0n) is 15.3. The first-order valence-electron chi connectivity index (χ1n) is 8.84. The van der Waals surface area contributed by atoms with Crippen LogP contribution in [0.2, 0.25) is 5.02 Å². The number of phenolic OH excluding ortho intramolecular Hbond substituents is 1. The van der Waals surface area contributed by atoms with Crippen molar-refractivity contribution >= 4 is 17.3 Å². The molecule has 6 nitrogen and oxygen atoms in total. The Balaban J connectivity index is 1.78. The van der Waals surface area contributed by atoms with E-state index in [0.717, 1.165) is 22.4 Å². The van der Waals surface area contributed by atoms with E-state index in [1.54, 1.807) is 47.7 Å². The molecular formula is C22H16ClN5O. The van der Waals surface area contributed by atoms with E-state index in [9.17, 15) is 10.4 Å². The Morgan fingerprint density at radius 3 is 2.31 bits per heavy atom. The summed E-state index contributed by atoms with van der Waals surface area (Å²) in [6, 6.07) is 22.3. The molecule has 3 aromatic carbocycles. The van der Waals surface area contributed by atoms with Crippen LogP contribution in [0.15, 0.2) is 79.4 Å². The largest absolute Gasteiger partial charge is 0.508 e. The van der Waals surface area contributed by atoms with Gasteiger partial charge >= 0.3 is 0 Å². The molecule has 0 radical (unpaired) electrons. The summed E-state index contributed by atoms with van der Waals surface area (Å²) >= 11 is 6.02. The van der Waals surface area contributed by atoms with E-state index in [1.807, 2.05) is 41.4 Å². The topological polar surface area (TPSA) is 78.0 Å². The van der Waals surface area contributed by atoms with Gasteiger partial charge < -0.3 is 5.11 Å². The highest BCUT2D eigenvalue weighted by atomic mass is 35.5. The first kappa shape index (κ1) is 18.5. The van der Waals surface area contributed by atoms with Crippen molar-refractivity contribution in [1.29, 1.82) is 5.26 Å². The lowest BCUT2D eigenvalue weighted by atomic mass is 9.99. The molecule has 0 bridgehead atoms. The van der Waals surface area contributed by atoms with Crippen molar-refractivity contribution in [2.45, 2.75) is 6.54 Å². The number of nitriles is 1. The molecule has 142 valence electrons. The van der Waals surface area contributed by atoms with Crippen LogP contribution in [0.1, 0.15) is 11.1 Å². The molecule has 0 aliphatic rings. The third-order valence-electron chi connectivity index (χ3n) is 4.53. The number of rotatable bonds is 5. The molecule has 0 saturated carbocycles. The summed E-state index contributed by atoms with van der Waals surface area (Å²) in [4.78, 5) is 0. The van der Waals surface area contributed by atoms with Crippen LogP contribution in [0, 0.1) is 11.3 Å². The second-order valence-corrected chi connectivity index (χ2v) is 6.85. The smallest absolute Gasteiger partial charge is 0.139 e. The first-order chi connectivity index (χ1) is 14.1. The molecule has 0 spiro atoms. The van der Waals surface area contributed by atoms with Crippen LogP contribution in [-0.4, -0.2) is 20.0 Å². The van der Waals surface area contributed by atoms with Crippen LogP contribution < -0.4 is 5.01 Å². The average Bonchev–Trinajstić information content (AvgIpc) is 3.28. The second-order valence-electron chi connectivity index (χ2n) is 6.41. The monoisotopic (exact) mass is 401 g/mol. The summed E-state index contributed by atoms with van der Waals surface area (Å²) in [6.07, 6.45) is 3.22. The van der Waals surface area contributed by atoms with Gasteiger partial charge in [0.05, 0.1) is 23.9 Å². The van der Waals surface area contributed by atoms with Gasteiger partial charge in [0.15, 0.2) is 0 Å². The minimum atomic E-state index is 0.216. The van der Waals surface area contributed by atoms with Gasteiger partial charge in [-0.3, -0.25) is 5.01 Å². The summed E-state index contributed by atoms with van der Waals surface area (Å²) in [5.41, 5.74) is 4.15. The van der Waals surface area contributed by atoms with Crippen molar-refractivity contribution in [3.05, 3.63) is 95.5 Å². The van der Waals surface area contributed by atoms with E-state index in [1.165, 1.54) is 0 Å². The number of aromatic nitrogens is 3. The maximum Gasteiger partial charge on any atom is 0.139 e. The molecule has 7 heteroatoms. The standard InChI is InChI=1S/C22H16ClN5O/c23-19-6-3-17(4-7-19)22-11-20(8-5-18(22)12-24)28(27-14-25-26-15-27)13-16-1-9-21(29)10-2-16/h1-11,14-15,29H,13H2. The number of halogens is 1. The predicted molar refractivity (Wildman–Crippen MR) is 111 cm³/mol. The van der Waals surface area contributed by atoms with E-state index in [4.69, 9.17) is 11.6 Å². The fourth-order valence-corrected chi connectivity index (χ4v) is 3.19. The van der Waals surface area contributed by atoms with Crippen LogP contribution in [0.3, 0.4) is 0 Å². The van der Waals surface area contributed by atoms with Gasteiger partial charge in [0, 0.05) is 10.6 Å². The zero-order valence-corrected chi connectivity index (χ0v) is 16.0. The van der Waals surface area contributed by atoms with E-state index >= 15 is 0 Å². The predicted octanol–water partition coefficient (Wildman–Crippen LogP) is 4.65. The molecule has 0 saturated heterocycles. The molecule has 0 aliphatic carbocycles. The van der Waals surface area contributed by atoms with Crippen LogP contribution in [0.25, 0.3) is 11.1 Å². The van der Waals surface area contributed by atoms with Gasteiger partial charge in [-0.2, -0.15) is 5.26 Å². The molecule has 4 aromatic rings. The fourth-order valence-electron chi connectivity index (χ4n) is 3.06. The van der Waals surface area contributed by atoms with Crippen LogP contribution in [0.5, 0.6) is 5.75 Å². The van der Waals surface area contributed by atoms with Crippen LogP contribution in [-0.2, 0) is 6.54 Å². The maximum atomic E-state index is 9.57. The molecule has 0 aliphatic heterocycles. The second kappa shape index (κ2) is 8.05. The van der Waals surface area contributed by atoms with Crippen molar-refractivity contribution in [3.8, 4) is 22.9 Å². The van der Waals surface area contributed by atoms with Gasteiger partial charge in [-0.15, -0.1) is 10.2 Å². The molecule has 29 heavy (non-hydrogen) atoms. The summed E-state index contributed by atoms with van der Waals surface area (Å²) in [5.74, 6) is 0.216. The lowest BCUT2D eigenvalue weighted by Crippen LogP contribution is -2.27. The van der Waals surface area contributed by atoms with Crippen molar-refractivity contribution in [2.24, 2.45) is 0 Å². The Labute approximate surface area is 172 Å². The molecule has 1 heterocycles. The molecule has 1 N–H and O–H groups in total. The molecule has 0 atom stereocenters. The van der Waals surface area contributed by atoms with Crippen molar-refractivity contribution < 1.29 is 5.11 Å². The minimum Gasteiger partial charge on any atom is -0.508 e. The average molecular weight is 402 g/mol. The van der Waals surface area contributed by atoms with Crippen molar-refractivity contribution in [2.75, 3.05) is 5.01 Å².